The van der Waals surface area contributed by atoms with E-state index >= 15 is 0 Å². The van der Waals surface area contributed by atoms with E-state index in [1.54, 1.807) is 7.11 Å². The van der Waals surface area contributed by atoms with Crippen molar-refractivity contribution in [2.24, 2.45) is 0 Å². The standard InChI is InChI=1S/C20H17N3O3S2/c1-25-14-6-4-5-13(11-14)16-12-28-19(21-16)23-18(24)9-10-27-20-22-15-7-2-3-8-17(15)26-20/h2-8,11-12H,9-10H2,1H3,(H,21,23,24). The van der Waals surface area contributed by atoms with E-state index in [2.05, 4.69) is 15.3 Å². The minimum absolute atomic E-state index is 0.0878. The lowest BCUT2D eigenvalue weighted by Gasteiger charge is -2.02. The van der Waals surface area contributed by atoms with Crippen LogP contribution in [0, 0.1) is 0 Å². The van der Waals surface area contributed by atoms with E-state index in [0.29, 0.717) is 22.5 Å². The lowest BCUT2D eigenvalue weighted by Crippen LogP contribution is -2.11. The third-order valence-electron chi connectivity index (χ3n) is 3.94. The number of fused-ring (bicyclic) bond motifs is 1. The number of methoxy groups -OCH3 is 1. The number of carbonyl (C=O) groups excluding carboxylic acids is 1. The normalized spacial score (nSPS) is 10.9. The molecule has 0 spiro atoms. The number of ether oxygens (including phenoxy) is 1. The highest BCUT2D eigenvalue weighted by Crippen LogP contribution is 2.28. The molecule has 142 valence electrons. The molecular formula is C20H17N3O3S2. The third kappa shape index (κ3) is 4.35. The lowest BCUT2D eigenvalue weighted by molar-refractivity contribution is -0.115. The maximum Gasteiger partial charge on any atom is 0.256 e. The Hall–Kier alpha value is -2.84. The van der Waals surface area contributed by atoms with Crippen LogP contribution in [0.5, 0.6) is 5.75 Å². The van der Waals surface area contributed by atoms with Gasteiger partial charge in [-0.25, -0.2) is 9.97 Å². The van der Waals surface area contributed by atoms with E-state index in [0.717, 1.165) is 28.1 Å². The Balaban J connectivity index is 1.31. The molecule has 0 aliphatic heterocycles. The molecule has 0 saturated heterocycles. The van der Waals surface area contributed by atoms with Crippen LogP contribution in [0.4, 0.5) is 5.13 Å². The van der Waals surface area contributed by atoms with Crippen LogP contribution in [0.1, 0.15) is 6.42 Å². The molecular weight excluding hydrogens is 394 g/mol. The van der Waals surface area contributed by atoms with E-state index in [1.165, 1.54) is 23.1 Å². The van der Waals surface area contributed by atoms with Crippen LogP contribution in [-0.2, 0) is 4.79 Å². The SMILES string of the molecule is COc1cccc(-c2csc(NC(=O)CCSc3nc4ccccc4o3)n2)c1. The van der Waals surface area contributed by atoms with E-state index in [9.17, 15) is 4.79 Å². The number of carbonyl (C=O) groups is 1. The molecule has 1 N–H and O–H groups in total. The van der Waals surface area contributed by atoms with E-state index in [1.807, 2.05) is 53.9 Å². The molecule has 0 unspecified atom stereocenters. The van der Waals surface area contributed by atoms with Crippen molar-refractivity contribution in [3.63, 3.8) is 0 Å². The Morgan fingerprint density at radius 3 is 2.96 bits per heavy atom. The van der Waals surface area contributed by atoms with Crippen LogP contribution in [0.2, 0.25) is 0 Å². The predicted octanol–water partition coefficient (Wildman–Crippen LogP) is 5.08. The third-order valence-corrected chi connectivity index (χ3v) is 5.53. The number of amides is 1. The Morgan fingerprint density at radius 1 is 1.21 bits per heavy atom. The number of thiazole rings is 1. The summed E-state index contributed by atoms with van der Waals surface area (Å²) in [6.45, 7) is 0. The van der Waals surface area contributed by atoms with Crippen LogP contribution >= 0.6 is 23.1 Å². The average molecular weight is 412 g/mol. The highest BCUT2D eigenvalue weighted by atomic mass is 32.2. The van der Waals surface area contributed by atoms with Gasteiger partial charge in [0.1, 0.15) is 11.3 Å². The van der Waals surface area contributed by atoms with Gasteiger partial charge in [0.05, 0.1) is 12.8 Å². The van der Waals surface area contributed by atoms with Crippen LogP contribution in [-0.4, -0.2) is 28.7 Å². The second-order valence-corrected chi connectivity index (χ2v) is 7.77. The highest BCUT2D eigenvalue weighted by Gasteiger charge is 2.10. The van der Waals surface area contributed by atoms with Gasteiger partial charge in [-0.05, 0) is 24.3 Å². The first-order chi connectivity index (χ1) is 13.7. The van der Waals surface area contributed by atoms with E-state index in [-0.39, 0.29) is 5.91 Å². The summed E-state index contributed by atoms with van der Waals surface area (Å²) in [5, 5.41) is 5.91. The van der Waals surface area contributed by atoms with Gasteiger partial charge in [0.15, 0.2) is 10.7 Å². The van der Waals surface area contributed by atoms with Gasteiger partial charge >= 0.3 is 0 Å². The smallest absolute Gasteiger partial charge is 0.256 e. The number of anilines is 1. The monoisotopic (exact) mass is 411 g/mol. The minimum Gasteiger partial charge on any atom is -0.497 e. The number of hydrogen-bond donors (Lipinski definition) is 1. The Kier molecular flexibility index (Phi) is 5.59. The van der Waals surface area contributed by atoms with Crippen molar-refractivity contribution in [2.45, 2.75) is 11.6 Å². The number of nitrogens with zero attached hydrogens (tertiary/aromatic N) is 2. The summed E-state index contributed by atoms with van der Waals surface area (Å²) in [7, 11) is 1.63. The lowest BCUT2D eigenvalue weighted by atomic mass is 10.2. The van der Waals surface area contributed by atoms with E-state index in [4.69, 9.17) is 9.15 Å². The number of aromatic nitrogens is 2. The van der Waals surface area contributed by atoms with Gasteiger partial charge in [0.25, 0.3) is 5.22 Å². The first-order valence-corrected chi connectivity index (χ1v) is 10.5. The van der Waals surface area contributed by atoms with Crippen molar-refractivity contribution in [2.75, 3.05) is 18.2 Å². The number of nitrogens with one attached hydrogen (secondary N) is 1. The summed E-state index contributed by atoms with van der Waals surface area (Å²) < 4.78 is 10.9. The summed E-state index contributed by atoms with van der Waals surface area (Å²) in [4.78, 5) is 21.1. The van der Waals surface area contributed by atoms with Crippen molar-refractivity contribution in [3.8, 4) is 17.0 Å². The second kappa shape index (κ2) is 8.45. The maximum atomic E-state index is 12.2. The zero-order chi connectivity index (χ0) is 19.3. The molecule has 2 heterocycles. The van der Waals surface area contributed by atoms with Gasteiger partial charge in [-0.3, -0.25) is 4.79 Å². The Morgan fingerprint density at radius 2 is 2.11 bits per heavy atom. The topological polar surface area (TPSA) is 77.2 Å². The van der Waals surface area contributed by atoms with Crippen LogP contribution in [0.15, 0.2) is 63.6 Å². The van der Waals surface area contributed by atoms with Gasteiger partial charge < -0.3 is 14.5 Å². The maximum absolute atomic E-state index is 12.2. The molecule has 4 aromatic rings. The summed E-state index contributed by atoms with van der Waals surface area (Å²) in [5.41, 5.74) is 3.33. The van der Waals surface area contributed by atoms with Gasteiger partial charge in [-0.2, -0.15) is 0 Å². The number of hydrogen-bond acceptors (Lipinski definition) is 7. The number of para-hydroxylation sites is 2. The summed E-state index contributed by atoms with van der Waals surface area (Å²) in [5.74, 6) is 1.26. The number of thioether (sulfide) groups is 1. The second-order valence-electron chi connectivity index (χ2n) is 5.86. The molecule has 0 bridgehead atoms. The van der Waals surface area contributed by atoms with Crippen molar-refractivity contribution in [3.05, 3.63) is 53.9 Å². The fourth-order valence-corrected chi connectivity index (χ4v) is 4.08. The molecule has 8 heteroatoms. The Labute approximate surface area is 170 Å². The van der Waals surface area contributed by atoms with Crippen molar-refractivity contribution in [1.29, 1.82) is 0 Å². The van der Waals surface area contributed by atoms with Crippen molar-refractivity contribution < 1.29 is 13.9 Å². The first-order valence-electron chi connectivity index (χ1n) is 8.59. The molecule has 0 aliphatic carbocycles. The number of rotatable bonds is 7. The largest absolute Gasteiger partial charge is 0.497 e. The molecule has 1 amide bonds. The van der Waals surface area contributed by atoms with Crippen LogP contribution in [0.25, 0.3) is 22.4 Å². The molecule has 0 radical (unpaired) electrons. The van der Waals surface area contributed by atoms with Gasteiger partial charge in [0.2, 0.25) is 5.91 Å². The molecule has 0 fully saturated rings. The number of benzene rings is 2. The molecule has 2 aromatic carbocycles. The molecule has 0 aliphatic rings. The number of oxazole rings is 1. The van der Waals surface area contributed by atoms with Gasteiger partial charge in [-0.1, -0.05) is 36.0 Å². The van der Waals surface area contributed by atoms with Gasteiger partial charge in [0, 0.05) is 23.1 Å². The van der Waals surface area contributed by atoms with Crippen LogP contribution in [0.3, 0.4) is 0 Å². The summed E-state index contributed by atoms with van der Waals surface area (Å²) in [6, 6.07) is 15.3. The molecule has 0 saturated carbocycles. The summed E-state index contributed by atoms with van der Waals surface area (Å²) >= 11 is 2.82. The fraction of sp³-hybridized carbons (Fsp3) is 0.150. The molecule has 0 atom stereocenters. The van der Waals surface area contributed by atoms with E-state index < -0.39 is 0 Å². The highest BCUT2D eigenvalue weighted by molar-refractivity contribution is 7.99. The van der Waals surface area contributed by atoms with Crippen LogP contribution < -0.4 is 10.1 Å². The quantitative estimate of drug-likeness (QED) is 0.427. The zero-order valence-electron chi connectivity index (χ0n) is 15.0. The molecule has 6 nitrogen and oxygen atoms in total. The van der Waals surface area contributed by atoms with Crippen molar-refractivity contribution in [1.82, 2.24) is 9.97 Å². The van der Waals surface area contributed by atoms with Crippen molar-refractivity contribution >= 4 is 45.2 Å². The molecule has 4 rings (SSSR count). The minimum atomic E-state index is -0.0878. The summed E-state index contributed by atoms with van der Waals surface area (Å²) in [6.07, 6.45) is 0.345. The fourth-order valence-electron chi connectivity index (χ4n) is 2.57. The van der Waals surface area contributed by atoms with Gasteiger partial charge in [-0.15, -0.1) is 11.3 Å². The Bertz CT molecular complexity index is 1070. The average Bonchev–Trinajstić information content (AvgIpc) is 3.34. The first kappa shape index (κ1) is 18.5. The molecule has 28 heavy (non-hydrogen) atoms. The molecule has 2 aromatic heterocycles. The predicted molar refractivity (Wildman–Crippen MR) is 112 cm³/mol. The zero-order valence-corrected chi connectivity index (χ0v) is 16.7.